The SMILES string of the molecule is CN1CCCC1CO/C(N)=N/c1[nH]ccc1CC#CCC(O)(c1cc(F)ccc1F)c1ccc2n(c1=O)CCC2. The molecule has 0 spiro atoms. The molecule has 2 aliphatic heterocycles. The van der Waals surface area contributed by atoms with Crippen molar-refractivity contribution in [3.63, 3.8) is 0 Å². The lowest BCUT2D eigenvalue weighted by Gasteiger charge is -2.27. The molecular formula is C30H33F2N5O3. The number of hydrogen-bond donors (Lipinski definition) is 3. The number of amidine groups is 1. The van der Waals surface area contributed by atoms with Gasteiger partial charge >= 0.3 is 0 Å². The predicted molar refractivity (Wildman–Crippen MR) is 148 cm³/mol. The highest BCUT2D eigenvalue weighted by Crippen LogP contribution is 2.34. The second-order valence-corrected chi connectivity index (χ2v) is 10.4. The number of rotatable bonds is 7. The zero-order valence-electron chi connectivity index (χ0n) is 22.4. The minimum Gasteiger partial charge on any atom is -0.463 e. The summed E-state index contributed by atoms with van der Waals surface area (Å²) < 4.78 is 36.3. The van der Waals surface area contributed by atoms with E-state index >= 15 is 0 Å². The minimum atomic E-state index is -2.15. The Bertz CT molecular complexity index is 1540. The largest absolute Gasteiger partial charge is 0.463 e. The molecule has 0 amide bonds. The molecule has 1 fully saturated rings. The van der Waals surface area contributed by atoms with Crippen molar-refractivity contribution < 1.29 is 18.6 Å². The van der Waals surface area contributed by atoms with Gasteiger partial charge in [-0.2, -0.15) is 4.99 Å². The van der Waals surface area contributed by atoms with E-state index in [1.54, 1.807) is 22.9 Å². The van der Waals surface area contributed by atoms with Crippen LogP contribution in [0.4, 0.5) is 14.6 Å². The first-order chi connectivity index (χ1) is 19.3. The van der Waals surface area contributed by atoms with Crippen molar-refractivity contribution in [2.24, 2.45) is 10.7 Å². The number of aromatic amines is 1. The molecule has 2 aromatic heterocycles. The Balaban J connectivity index is 1.36. The summed E-state index contributed by atoms with van der Waals surface area (Å²) >= 11 is 0. The maximum Gasteiger partial charge on any atom is 0.288 e. The van der Waals surface area contributed by atoms with Crippen LogP contribution in [-0.2, 0) is 29.7 Å². The number of pyridine rings is 1. The Morgan fingerprint density at radius 3 is 2.85 bits per heavy atom. The van der Waals surface area contributed by atoms with Crippen molar-refractivity contribution >= 4 is 11.8 Å². The third kappa shape index (κ3) is 5.67. The van der Waals surface area contributed by atoms with Gasteiger partial charge in [0, 0.05) is 48.4 Å². The molecule has 2 aliphatic rings. The maximum absolute atomic E-state index is 14.9. The molecule has 3 aromatic rings. The third-order valence-electron chi connectivity index (χ3n) is 7.77. The number of nitrogens with zero attached hydrogens (tertiary/aromatic N) is 3. The molecule has 4 heterocycles. The second kappa shape index (κ2) is 11.7. The molecule has 210 valence electrons. The van der Waals surface area contributed by atoms with Crippen LogP contribution in [0.15, 0.2) is 52.4 Å². The van der Waals surface area contributed by atoms with E-state index in [4.69, 9.17) is 10.5 Å². The van der Waals surface area contributed by atoms with Crippen LogP contribution in [0, 0.1) is 23.5 Å². The van der Waals surface area contributed by atoms with Crippen LogP contribution in [0.5, 0.6) is 0 Å². The minimum absolute atomic E-state index is 0.0401. The molecule has 2 atom stereocenters. The fourth-order valence-corrected chi connectivity index (χ4v) is 5.46. The molecule has 1 saturated heterocycles. The summed E-state index contributed by atoms with van der Waals surface area (Å²) in [5.74, 6) is 4.80. The van der Waals surface area contributed by atoms with Crippen LogP contribution in [0.2, 0.25) is 0 Å². The number of ether oxygens (including phenoxy) is 1. The molecule has 10 heteroatoms. The van der Waals surface area contributed by atoms with Crippen molar-refractivity contribution in [1.29, 1.82) is 0 Å². The van der Waals surface area contributed by atoms with Crippen molar-refractivity contribution in [3.8, 4) is 11.8 Å². The summed E-state index contributed by atoms with van der Waals surface area (Å²) in [5, 5.41) is 11.8. The summed E-state index contributed by atoms with van der Waals surface area (Å²) in [7, 11) is 2.06. The van der Waals surface area contributed by atoms with Gasteiger partial charge in [0.25, 0.3) is 11.6 Å². The van der Waals surface area contributed by atoms with E-state index in [2.05, 4.69) is 33.8 Å². The fourth-order valence-electron chi connectivity index (χ4n) is 5.46. The Morgan fingerprint density at radius 2 is 2.05 bits per heavy atom. The number of aliphatic hydroxyl groups is 1. The van der Waals surface area contributed by atoms with E-state index in [0.717, 1.165) is 61.7 Å². The summed E-state index contributed by atoms with van der Waals surface area (Å²) in [6, 6.07) is 8.23. The second-order valence-electron chi connectivity index (χ2n) is 10.4. The number of nitrogens with two attached hydrogens (primary N) is 1. The number of aromatic nitrogens is 2. The number of benzene rings is 1. The highest BCUT2D eigenvalue weighted by molar-refractivity contribution is 5.75. The van der Waals surface area contributed by atoms with Crippen LogP contribution in [0.3, 0.4) is 0 Å². The molecule has 4 N–H and O–H groups in total. The molecule has 2 unspecified atom stereocenters. The van der Waals surface area contributed by atoms with E-state index in [1.807, 2.05) is 0 Å². The topological polar surface area (TPSA) is 109 Å². The summed E-state index contributed by atoms with van der Waals surface area (Å²) in [6.07, 6.45) is 5.37. The average Bonchev–Trinajstić information content (AvgIpc) is 3.69. The molecule has 8 nitrogen and oxygen atoms in total. The first kappa shape index (κ1) is 27.6. The monoisotopic (exact) mass is 549 g/mol. The van der Waals surface area contributed by atoms with Crippen molar-refractivity contribution in [1.82, 2.24) is 14.5 Å². The van der Waals surface area contributed by atoms with E-state index in [-0.39, 0.29) is 30.0 Å². The summed E-state index contributed by atoms with van der Waals surface area (Å²) in [6.45, 7) is 2.00. The van der Waals surface area contributed by atoms with E-state index in [1.165, 1.54) is 6.07 Å². The molecule has 0 saturated carbocycles. The lowest BCUT2D eigenvalue weighted by Crippen LogP contribution is -2.37. The summed E-state index contributed by atoms with van der Waals surface area (Å²) in [4.78, 5) is 22.9. The van der Waals surface area contributed by atoms with Crippen molar-refractivity contribution in [2.75, 3.05) is 20.2 Å². The first-order valence-corrected chi connectivity index (χ1v) is 13.5. The van der Waals surface area contributed by atoms with Gasteiger partial charge in [-0.25, -0.2) is 8.78 Å². The van der Waals surface area contributed by atoms with Crippen LogP contribution < -0.4 is 11.3 Å². The quantitative estimate of drug-likeness (QED) is 0.238. The van der Waals surface area contributed by atoms with Gasteiger partial charge in [-0.05, 0) is 75.7 Å². The standard InChI is InChI=1S/C30H33F2N5O3/c1-36-16-4-8-23(36)19-40-29(33)35-27-20(13-15-34-27)6-2-3-14-30(39,25-18-21(31)9-12-26(25)32)24-11-10-22-7-5-17-37(22)28(24)38/h9-13,15,18,23,34,39H,4-8,14,16-17,19H2,1H3,(H2,33,35). The van der Waals surface area contributed by atoms with Gasteiger partial charge in [0.05, 0.1) is 5.56 Å². The van der Waals surface area contributed by atoms with Gasteiger partial charge in [-0.1, -0.05) is 11.8 Å². The first-order valence-electron chi connectivity index (χ1n) is 13.5. The number of hydrogen-bond acceptors (Lipinski definition) is 5. The van der Waals surface area contributed by atoms with Gasteiger partial charge in [0.15, 0.2) is 0 Å². The molecule has 0 aliphatic carbocycles. The Morgan fingerprint density at radius 1 is 1.20 bits per heavy atom. The van der Waals surface area contributed by atoms with Crippen LogP contribution >= 0.6 is 0 Å². The van der Waals surface area contributed by atoms with Crippen molar-refractivity contribution in [2.45, 2.75) is 56.7 Å². The zero-order valence-corrected chi connectivity index (χ0v) is 22.4. The number of likely N-dealkylation sites (N-methyl/N-ethyl adjacent to an activating group) is 1. The molecule has 0 radical (unpaired) electrons. The number of aryl methyl sites for hydroxylation is 1. The molecule has 0 bridgehead atoms. The molecule has 5 rings (SSSR count). The van der Waals surface area contributed by atoms with Crippen LogP contribution in [0.1, 0.15) is 48.1 Å². The van der Waals surface area contributed by atoms with Crippen LogP contribution in [-0.4, -0.2) is 51.8 Å². The predicted octanol–water partition coefficient (Wildman–Crippen LogP) is 3.33. The zero-order chi connectivity index (χ0) is 28.3. The summed E-state index contributed by atoms with van der Waals surface area (Å²) in [5.41, 5.74) is 4.65. The lowest BCUT2D eigenvalue weighted by atomic mass is 9.83. The molecule has 40 heavy (non-hydrogen) atoms. The maximum atomic E-state index is 14.9. The van der Waals surface area contributed by atoms with Gasteiger partial charge in [-0.3, -0.25) is 4.79 Å². The number of nitrogens with one attached hydrogen (secondary N) is 1. The number of fused-ring (bicyclic) bond motifs is 1. The molecular weight excluding hydrogens is 516 g/mol. The van der Waals surface area contributed by atoms with Gasteiger partial charge in [0.1, 0.15) is 29.7 Å². The van der Waals surface area contributed by atoms with E-state index in [9.17, 15) is 18.7 Å². The van der Waals surface area contributed by atoms with Gasteiger partial charge in [-0.15, -0.1) is 0 Å². The Hall–Kier alpha value is -3.94. The lowest BCUT2D eigenvalue weighted by molar-refractivity contribution is 0.0799. The number of likely N-dealkylation sites (tertiary alicyclic amines) is 1. The number of H-pyrrole nitrogens is 1. The van der Waals surface area contributed by atoms with Gasteiger partial charge in [0.2, 0.25) is 0 Å². The molecule has 1 aromatic carbocycles. The highest BCUT2D eigenvalue weighted by Gasteiger charge is 2.37. The smallest absolute Gasteiger partial charge is 0.288 e. The number of halogens is 2. The highest BCUT2D eigenvalue weighted by atomic mass is 19.1. The fraction of sp³-hybridized carbons (Fsp3) is 0.400. The van der Waals surface area contributed by atoms with Crippen LogP contribution in [0.25, 0.3) is 0 Å². The Kier molecular flexibility index (Phi) is 8.05. The Labute approximate surface area is 231 Å². The van der Waals surface area contributed by atoms with Gasteiger partial charge < -0.3 is 30.0 Å². The van der Waals surface area contributed by atoms with E-state index < -0.39 is 22.8 Å². The van der Waals surface area contributed by atoms with Crippen molar-refractivity contribution in [3.05, 3.63) is 87.0 Å². The normalized spacial score (nSPS) is 18.7. The number of aliphatic imine (C=N–C) groups is 1. The third-order valence-corrected chi connectivity index (χ3v) is 7.77. The average molecular weight is 550 g/mol. The van der Waals surface area contributed by atoms with E-state index in [0.29, 0.717) is 25.0 Å².